The quantitative estimate of drug-likeness (QED) is 0.837. The van der Waals surface area contributed by atoms with E-state index in [-0.39, 0.29) is 17.9 Å². The summed E-state index contributed by atoms with van der Waals surface area (Å²) in [5.74, 6) is -1.31. The fourth-order valence-electron chi connectivity index (χ4n) is 2.00. The van der Waals surface area contributed by atoms with Crippen molar-refractivity contribution in [1.29, 1.82) is 0 Å². The second-order valence-corrected chi connectivity index (χ2v) is 4.73. The molecule has 2 N–H and O–H groups in total. The highest BCUT2D eigenvalue weighted by atomic mass is 19.1. The van der Waals surface area contributed by atoms with Crippen molar-refractivity contribution in [2.45, 2.75) is 19.4 Å². The van der Waals surface area contributed by atoms with Gasteiger partial charge in [-0.15, -0.1) is 0 Å². The van der Waals surface area contributed by atoms with Crippen molar-refractivity contribution >= 4 is 5.91 Å². The van der Waals surface area contributed by atoms with Crippen LogP contribution in [-0.4, -0.2) is 19.5 Å². The smallest absolute Gasteiger partial charge is 0.227 e. The molecule has 0 heterocycles. The van der Waals surface area contributed by atoms with E-state index in [0.29, 0.717) is 12.1 Å². The summed E-state index contributed by atoms with van der Waals surface area (Å²) in [4.78, 5) is 11.9. The maximum atomic E-state index is 13.4. The number of halogens is 2. The number of rotatable bonds is 5. The third kappa shape index (κ3) is 2.67. The zero-order chi connectivity index (χ0) is 13.2. The van der Waals surface area contributed by atoms with Gasteiger partial charge in [0.15, 0.2) is 0 Å². The number of amides is 1. The van der Waals surface area contributed by atoms with Gasteiger partial charge in [-0.05, 0) is 26.0 Å². The van der Waals surface area contributed by atoms with Crippen molar-refractivity contribution < 1.29 is 13.6 Å². The van der Waals surface area contributed by atoms with Crippen LogP contribution in [0.15, 0.2) is 18.2 Å². The van der Waals surface area contributed by atoms with Gasteiger partial charge in [0.05, 0.1) is 5.41 Å². The lowest BCUT2D eigenvalue weighted by Gasteiger charge is -2.14. The van der Waals surface area contributed by atoms with Gasteiger partial charge in [-0.1, -0.05) is 6.07 Å². The van der Waals surface area contributed by atoms with E-state index in [4.69, 9.17) is 0 Å². The molecule has 1 aromatic rings. The molecule has 0 aromatic heterocycles. The van der Waals surface area contributed by atoms with Gasteiger partial charge in [-0.25, -0.2) is 8.78 Å². The average Bonchev–Trinajstić information content (AvgIpc) is 3.09. The molecule has 1 aromatic carbocycles. The molecular formula is C13H16F2N2O. The first-order chi connectivity index (χ1) is 8.57. The number of hydrogen-bond donors (Lipinski definition) is 2. The van der Waals surface area contributed by atoms with E-state index in [1.165, 1.54) is 12.1 Å². The van der Waals surface area contributed by atoms with Gasteiger partial charge in [-0.2, -0.15) is 0 Å². The fraction of sp³-hybridized carbons (Fsp3) is 0.462. The summed E-state index contributed by atoms with van der Waals surface area (Å²) in [5, 5.41) is 5.69. The number of benzene rings is 1. The first-order valence-electron chi connectivity index (χ1n) is 5.94. The molecule has 0 spiro atoms. The molecule has 1 amide bonds. The maximum absolute atomic E-state index is 13.4. The largest absolute Gasteiger partial charge is 0.351 e. The molecule has 5 heteroatoms. The van der Waals surface area contributed by atoms with E-state index in [2.05, 4.69) is 10.6 Å². The van der Waals surface area contributed by atoms with Crippen LogP contribution in [0, 0.1) is 17.0 Å². The Morgan fingerprint density at radius 1 is 1.39 bits per heavy atom. The fourth-order valence-corrected chi connectivity index (χ4v) is 2.00. The Labute approximate surface area is 105 Å². The van der Waals surface area contributed by atoms with Gasteiger partial charge in [0.25, 0.3) is 0 Å². The Kier molecular flexibility index (Phi) is 3.61. The molecular weight excluding hydrogens is 238 g/mol. The summed E-state index contributed by atoms with van der Waals surface area (Å²) in [6, 6.07) is 3.36. The lowest BCUT2D eigenvalue weighted by atomic mass is 10.1. The van der Waals surface area contributed by atoms with E-state index in [0.717, 1.165) is 18.9 Å². The first kappa shape index (κ1) is 13.0. The molecule has 0 aliphatic heterocycles. The van der Waals surface area contributed by atoms with Crippen LogP contribution < -0.4 is 10.6 Å². The van der Waals surface area contributed by atoms with Gasteiger partial charge < -0.3 is 10.6 Å². The normalized spacial score (nSPS) is 16.4. The molecule has 0 saturated heterocycles. The van der Waals surface area contributed by atoms with Crippen molar-refractivity contribution in [2.24, 2.45) is 5.41 Å². The minimum atomic E-state index is -0.631. The van der Waals surface area contributed by atoms with Crippen LogP contribution in [0.25, 0.3) is 0 Å². The third-order valence-corrected chi connectivity index (χ3v) is 3.30. The summed E-state index contributed by atoms with van der Waals surface area (Å²) in [5.41, 5.74) is -0.0318. The number of carbonyl (C=O) groups excluding carboxylic acids is 1. The van der Waals surface area contributed by atoms with Gasteiger partial charge in [0, 0.05) is 24.7 Å². The number of nitrogens with one attached hydrogen (secondary N) is 2. The molecule has 0 atom stereocenters. The molecule has 0 unspecified atom stereocenters. The van der Waals surface area contributed by atoms with E-state index >= 15 is 0 Å². The highest BCUT2D eigenvalue weighted by molar-refractivity contribution is 5.85. The molecule has 1 fully saturated rings. The Bertz CT molecular complexity index is 458. The highest BCUT2D eigenvalue weighted by Crippen LogP contribution is 2.45. The van der Waals surface area contributed by atoms with Crippen molar-refractivity contribution in [3.8, 4) is 0 Å². The Hall–Kier alpha value is -1.49. The van der Waals surface area contributed by atoms with E-state index in [1.54, 1.807) is 7.05 Å². The van der Waals surface area contributed by atoms with E-state index in [1.807, 2.05) is 0 Å². The molecule has 18 heavy (non-hydrogen) atoms. The minimum absolute atomic E-state index is 0.0689. The lowest BCUT2D eigenvalue weighted by molar-refractivity contribution is -0.126. The molecule has 1 saturated carbocycles. The molecule has 2 rings (SSSR count). The summed E-state index contributed by atoms with van der Waals surface area (Å²) >= 11 is 0. The predicted octanol–water partition coefficient (Wildman–Crippen LogP) is 1.58. The van der Waals surface area contributed by atoms with Gasteiger partial charge in [-0.3, -0.25) is 4.79 Å². The maximum Gasteiger partial charge on any atom is 0.227 e. The molecule has 1 aliphatic carbocycles. The monoisotopic (exact) mass is 254 g/mol. The predicted molar refractivity (Wildman–Crippen MR) is 63.8 cm³/mol. The second-order valence-electron chi connectivity index (χ2n) is 4.73. The Morgan fingerprint density at radius 2 is 2.11 bits per heavy atom. The zero-order valence-electron chi connectivity index (χ0n) is 10.2. The van der Waals surface area contributed by atoms with Gasteiger partial charge in [0.1, 0.15) is 11.6 Å². The Morgan fingerprint density at radius 3 is 2.67 bits per heavy atom. The van der Waals surface area contributed by atoms with Crippen molar-refractivity contribution in [3.05, 3.63) is 35.4 Å². The second kappa shape index (κ2) is 5.02. The van der Waals surface area contributed by atoms with Crippen LogP contribution in [0.3, 0.4) is 0 Å². The van der Waals surface area contributed by atoms with Crippen LogP contribution in [0.2, 0.25) is 0 Å². The standard InChI is InChI=1S/C13H16F2N2O/c1-16-8-13(4-5-13)12(18)17-7-9-2-3-10(14)6-11(9)15/h2-3,6,16H,4-5,7-8H2,1H3,(H,17,18). The van der Waals surface area contributed by atoms with Crippen LogP contribution in [0.1, 0.15) is 18.4 Å². The number of carbonyl (C=O) groups is 1. The average molecular weight is 254 g/mol. The van der Waals surface area contributed by atoms with Gasteiger partial charge >= 0.3 is 0 Å². The van der Waals surface area contributed by atoms with Crippen LogP contribution >= 0.6 is 0 Å². The topological polar surface area (TPSA) is 41.1 Å². The molecule has 98 valence electrons. The van der Waals surface area contributed by atoms with E-state index < -0.39 is 11.6 Å². The summed E-state index contributed by atoms with van der Waals surface area (Å²) in [6.07, 6.45) is 1.71. The zero-order valence-corrected chi connectivity index (χ0v) is 10.2. The SMILES string of the molecule is CNCC1(C(=O)NCc2ccc(F)cc2F)CC1. The number of hydrogen-bond acceptors (Lipinski definition) is 2. The van der Waals surface area contributed by atoms with Crippen LogP contribution in [-0.2, 0) is 11.3 Å². The van der Waals surface area contributed by atoms with Crippen molar-refractivity contribution in [1.82, 2.24) is 10.6 Å². The van der Waals surface area contributed by atoms with Crippen molar-refractivity contribution in [3.63, 3.8) is 0 Å². The molecule has 0 radical (unpaired) electrons. The molecule has 0 bridgehead atoms. The van der Waals surface area contributed by atoms with E-state index in [9.17, 15) is 13.6 Å². The highest BCUT2D eigenvalue weighted by Gasteiger charge is 2.48. The van der Waals surface area contributed by atoms with Crippen LogP contribution in [0.5, 0.6) is 0 Å². The van der Waals surface area contributed by atoms with Crippen LogP contribution in [0.4, 0.5) is 8.78 Å². The molecule has 3 nitrogen and oxygen atoms in total. The lowest BCUT2D eigenvalue weighted by Crippen LogP contribution is -2.37. The summed E-state index contributed by atoms with van der Waals surface area (Å²) in [6.45, 7) is 0.723. The van der Waals surface area contributed by atoms with Gasteiger partial charge in [0.2, 0.25) is 5.91 Å². The summed E-state index contributed by atoms with van der Waals surface area (Å²) in [7, 11) is 1.80. The minimum Gasteiger partial charge on any atom is -0.351 e. The molecule has 1 aliphatic rings. The Balaban J connectivity index is 1.93. The van der Waals surface area contributed by atoms with Crippen molar-refractivity contribution in [2.75, 3.05) is 13.6 Å². The first-order valence-corrected chi connectivity index (χ1v) is 5.94. The third-order valence-electron chi connectivity index (χ3n) is 3.30. The summed E-state index contributed by atoms with van der Waals surface area (Å²) < 4.78 is 26.1.